The Bertz CT molecular complexity index is 1180. The zero-order valence-electron chi connectivity index (χ0n) is 18.6. The van der Waals surface area contributed by atoms with Crippen molar-refractivity contribution in [2.45, 2.75) is 57.0 Å². The van der Waals surface area contributed by atoms with Crippen LogP contribution in [-0.2, 0) is 34.3 Å². The summed E-state index contributed by atoms with van der Waals surface area (Å²) < 4.78 is 29.3. The van der Waals surface area contributed by atoms with E-state index in [0.717, 1.165) is 42.1 Å². The summed E-state index contributed by atoms with van der Waals surface area (Å²) in [6.07, 6.45) is 6.00. The predicted octanol–water partition coefficient (Wildman–Crippen LogP) is 4.08. The summed E-state index contributed by atoms with van der Waals surface area (Å²) in [6, 6.07) is 15.6. The van der Waals surface area contributed by atoms with Crippen molar-refractivity contribution < 1.29 is 13.2 Å². The maximum atomic E-state index is 12.8. The summed E-state index contributed by atoms with van der Waals surface area (Å²) in [5, 5.41) is 3.89. The second-order valence-electron chi connectivity index (χ2n) is 8.39. The maximum absolute atomic E-state index is 12.8. The molecule has 0 unspecified atom stereocenters. The number of hydrogen-bond donors (Lipinski definition) is 1. The highest BCUT2D eigenvalue weighted by atomic mass is 32.2. The molecule has 1 aromatic heterocycles. The number of rotatable bonds is 9. The minimum absolute atomic E-state index is 0.0417. The fourth-order valence-corrected chi connectivity index (χ4v) is 5.76. The quantitative estimate of drug-likeness (QED) is 0.531. The van der Waals surface area contributed by atoms with E-state index in [2.05, 4.69) is 41.1 Å². The smallest absolute Gasteiger partial charge is 0.243 e. The molecule has 0 radical (unpaired) electrons. The number of nitrogens with zero attached hydrogens (tertiary/aromatic N) is 2. The Morgan fingerprint density at radius 3 is 2.44 bits per heavy atom. The molecule has 2 aromatic carbocycles. The van der Waals surface area contributed by atoms with Gasteiger partial charge in [0.25, 0.3) is 0 Å². The highest BCUT2D eigenvalue weighted by Gasteiger charge is 2.27. The molecule has 32 heavy (non-hydrogen) atoms. The number of carbonyl (C=O) groups excluding carboxylic acids is 1. The number of sulfonamides is 1. The average Bonchev–Trinajstić information content (AvgIpc) is 3.49. The zero-order chi connectivity index (χ0) is 22.6. The first kappa shape index (κ1) is 22.6. The van der Waals surface area contributed by atoms with Crippen molar-refractivity contribution in [3.05, 3.63) is 65.9 Å². The highest BCUT2D eigenvalue weighted by molar-refractivity contribution is 7.89. The van der Waals surface area contributed by atoms with Gasteiger partial charge in [-0.25, -0.2) is 8.42 Å². The Balaban J connectivity index is 1.31. The van der Waals surface area contributed by atoms with Crippen LogP contribution in [0.5, 0.6) is 0 Å². The normalized spacial score (nSPS) is 14.8. The maximum Gasteiger partial charge on any atom is 0.243 e. The highest BCUT2D eigenvalue weighted by Crippen LogP contribution is 2.25. The zero-order valence-corrected chi connectivity index (χ0v) is 19.4. The Hall–Kier alpha value is -2.64. The lowest BCUT2D eigenvalue weighted by Gasteiger charge is -2.15. The molecular weight excluding hydrogens is 422 g/mol. The first-order valence-electron chi connectivity index (χ1n) is 11.4. The molecule has 1 N–H and O–H groups in total. The van der Waals surface area contributed by atoms with Crippen molar-refractivity contribution in [3.8, 4) is 0 Å². The molecule has 3 aromatic rings. The molecule has 0 atom stereocenters. The van der Waals surface area contributed by atoms with Crippen LogP contribution in [-0.4, -0.2) is 36.3 Å². The van der Waals surface area contributed by atoms with Crippen LogP contribution in [0.2, 0.25) is 0 Å². The number of aryl methyl sites for hydroxylation is 2. The van der Waals surface area contributed by atoms with Gasteiger partial charge in [-0.1, -0.05) is 31.2 Å². The molecule has 1 aliphatic rings. The van der Waals surface area contributed by atoms with Crippen LogP contribution in [0.15, 0.2) is 59.6 Å². The van der Waals surface area contributed by atoms with E-state index in [1.54, 1.807) is 16.4 Å². The van der Waals surface area contributed by atoms with Gasteiger partial charge in [0.05, 0.1) is 4.90 Å². The first-order chi connectivity index (χ1) is 15.5. The molecule has 1 fully saturated rings. The van der Waals surface area contributed by atoms with E-state index in [1.807, 2.05) is 18.3 Å². The molecule has 1 saturated heterocycles. The van der Waals surface area contributed by atoms with Gasteiger partial charge in [-0.05, 0) is 61.1 Å². The van der Waals surface area contributed by atoms with E-state index in [9.17, 15) is 13.2 Å². The van der Waals surface area contributed by atoms with Crippen molar-refractivity contribution in [2.75, 3.05) is 13.1 Å². The summed E-state index contributed by atoms with van der Waals surface area (Å²) >= 11 is 0. The predicted molar refractivity (Wildman–Crippen MR) is 127 cm³/mol. The van der Waals surface area contributed by atoms with Crippen LogP contribution in [0.4, 0.5) is 0 Å². The number of hydrogen-bond acceptors (Lipinski definition) is 3. The monoisotopic (exact) mass is 453 g/mol. The molecule has 7 heteroatoms. The molecule has 1 amide bonds. The van der Waals surface area contributed by atoms with E-state index in [4.69, 9.17) is 0 Å². The Labute approximate surface area is 190 Å². The van der Waals surface area contributed by atoms with E-state index < -0.39 is 10.0 Å². The van der Waals surface area contributed by atoms with Gasteiger partial charge in [-0.2, -0.15) is 4.31 Å². The van der Waals surface area contributed by atoms with Gasteiger partial charge in [0, 0.05) is 49.7 Å². The van der Waals surface area contributed by atoms with Crippen molar-refractivity contribution in [1.82, 2.24) is 14.2 Å². The standard InChI is InChI=1S/C25H31N3O3S/c1-2-20-7-9-21(10-8-20)19-26-25(29)6-5-14-27-17-13-22-18-23(11-12-24(22)27)32(30,31)28-15-3-4-16-28/h7-13,17-18H,2-6,14-16,19H2,1H3,(H,26,29). The Morgan fingerprint density at radius 1 is 1.00 bits per heavy atom. The average molecular weight is 454 g/mol. The minimum atomic E-state index is -3.41. The largest absolute Gasteiger partial charge is 0.352 e. The van der Waals surface area contributed by atoms with Crippen LogP contribution < -0.4 is 5.32 Å². The van der Waals surface area contributed by atoms with Gasteiger partial charge >= 0.3 is 0 Å². The lowest BCUT2D eigenvalue weighted by molar-refractivity contribution is -0.121. The molecule has 0 spiro atoms. The molecule has 4 rings (SSSR count). The van der Waals surface area contributed by atoms with Crippen LogP contribution >= 0.6 is 0 Å². The summed E-state index contributed by atoms with van der Waals surface area (Å²) in [6.45, 7) is 4.59. The van der Waals surface area contributed by atoms with E-state index >= 15 is 0 Å². The van der Waals surface area contributed by atoms with Crippen LogP contribution in [0.3, 0.4) is 0 Å². The summed E-state index contributed by atoms with van der Waals surface area (Å²) in [4.78, 5) is 12.6. The van der Waals surface area contributed by atoms with Crippen molar-refractivity contribution >= 4 is 26.8 Å². The number of fused-ring (bicyclic) bond motifs is 1. The van der Waals surface area contributed by atoms with Crippen LogP contribution in [0.1, 0.15) is 43.7 Å². The number of nitrogens with one attached hydrogen (secondary N) is 1. The van der Waals surface area contributed by atoms with E-state index in [-0.39, 0.29) is 5.91 Å². The van der Waals surface area contributed by atoms with Gasteiger partial charge in [0.1, 0.15) is 0 Å². The number of amides is 1. The van der Waals surface area contributed by atoms with E-state index in [1.165, 1.54) is 5.56 Å². The molecule has 2 heterocycles. The Morgan fingerprint density at radius 2 is 1.72 bits per heavy atom. The number of benzene rings is 2. The Kier molecular flexibility index (Phi) is 6.96. The van der Waals surface area contributed by atoms with Crippen molar-refractivity contribution in [1.29, 1.82) is 0 Å². The molecule has 0 bridgehead atoms. The van der Waals surface area contributed by atoms with Gasteiger partial charge in [-0.3, -0.25) is 4.79 Å². The molecule has 0 saturated carbocycles. The summed E-state index contributed by atoms with van der Waals surface area (Å²) in [5.41, 5.74) is 3.38. The van der Waals surface area contributed by atoms with Crippen molar-refractivity contribution in [3.63, 3.8) is 0 Å². The summed E-state index contributed by atoms with van der Waals surface area (Å²) in [5.74, 6) is 0.0417. The lowest BCUT2D eigenvalue weighted by Crippen LogP contribution is -2.27. The van der Waals surface area contributed by atoms with Gasteiger partial charge in [-0.15, -0.1) is 0 Å². The lowest BCUT2D eigenvalue weighted by atomic mass is 10.1. The summed E-state index contributed by atoms with van der Waals surface area (Å²) in [7, 11) is -3.41. The molecule has 1 aliphatic heterocycles. The molecule has 6 nitrogen and oxygen atoms in total. The van der Waals surface area contributed by atoms with Gasteiger partial charge in [0.2, 0.25) is 15.9 Å². The van der Waals surface area contributed by atoms with Gasteiger partial charge in [0.15, 0.2) is 0 Å². The second kappa shape index (κ2) is 9.88. The van der Waals surface area contributed by atoms with Crippen LogP contribution in [0.25, 0.3) is 10.9 Å². The number of aromatic nitrogens is 1. The third kappa shape index (κ3) is 5.05. The van der Waals surface area contributed by atoms with Gasteiger partial charge < -0.3 is 9.88 Å². The topological polar surface area (TPSA) is 71.4 Å². The van der Waals surface area contributed by atoms with Crippen molar-refractivity contribution in [2.24, 2.45) is 0 Å². The number of carbonyl (C=O) groups is 1. The second-order valence-corrected chi connectivity index (χ2v) is 10.3. The first-order valence-corrected chi connectivity index (χ1v) is 12.8. The SMILES string of the molecule is CCc1ccc(CNC(=O)CCCn2ccc3cc(S(=O)(=O)N4CCCC4)ccc32)cc1. The third-order valence-corrected chi connectivity index (χ3v) is 8.06. The fourth-order valence-electron chi connectivity index (χ4n) is 4.20. The fraction of sp³-hybridized carbons (Fsp3) is 0.400. The van der Waals surface area contributed by atoms with E-state index in [0.29, 0.717) is 37.5 Å². The third-order valence-electron chi connectivity index (χ3n) is 6.17. The van der Waals surface area contributed by atoms with Crippen LogP contribution in [0, 0.1) is 0 Å². The molecular formula is C25H31N3O3S. The minimum Gasteiger partial charge on any atom is -0.352 e. The molecule has 170 valence electrons. The molecule has 0 aliphatic carbocycles.